The monoisotopic (exact) mass is 482 g/mol. The van der Waals surface area contributed by atoms with E-state index in [1.165, 1.54) is 0 Å². The second-order valence-electron chi connectivity index (χ2n) is 9.19. The van der Waals surface area contributed by atoms with E-state index in [0.29, 0.717) is 12.8 Å². The predicted octanol–water partition coefficient (Wildman–Crippen LogP) is 9.84. The minimum atomic E-state index is -4.04. The Morgan fingerprint density at radius 1 is 0.455 bits per heavy atom. The maximum Gasteiger partial charge on any atom is 0.389 e. The molecule has 192 valence electrons. The number of aromatic hydroxyl groups is 1. The molecule has 0 amide bonds. The number of halogens is 6. The summed E-state index contributed by atoms with van der Waals surface area (Å²) in [5.41, 5.74) is 2.22. The SMILES string of the molecule is Oc1cc(CCCCCCCCCC(F)(F)F)cc(CCCCCCCCCC(F)(F)F)c1. The summed E-state index contributed by atoms with van der Waals surface area (Å²) in [6.45, 7) is 0. The van der Waals surface area contributed by atoms with Crippen LogP contribution in [0, 0.1) is 0 Å². The fourth-order valence-corrected chi connectivity index (χ4v) is 4.11. The number of phenols is 1. The van der Waals surface area contributed by atoms with Crippen molar-refractivity contribution in [1.82, 2.24) is 0 Å². The summed E-state index contributed by atoms with van der Waals surface area (Å²) in [6.07, 6.45) is 3.76. The molecule has 1 nitrogen and oxygen atoms in total. The number of aryl methyl sites for hydroxylation is 2. The molecule has 33 heavy (non-hydrogen) atoms. The maximum absolute atomic E-state index is 12.1. The van der Waals surface area contributed by atoms with Gasteiger partial charge in [-0.25, -0.2) is 0 Å². The van der Waals surface area contributed by atoms with Crippen LogP contribution in [-0.4, -0.2) is 17.5 Å². The van der Waals surface area contributed by atoms with Gasteiger partial charge >= 0.3 is 12.4 Å². The Labute approximate surface area is 195 Å². The van der Waals surface area contributed by atoms with Crippen LogP contribution < -0.4 is 0 Å². The molecule has 0 saturated heterocycles. The van der Waals surface area contributed by atoms with Crippen molar-refractivity contribution in [2.45, 2.75) is 128 Å². The van der Waals surface area contributed by atoms with Crippen LogP contribution in [-0.2, 0) is 12.8 Å². The van der Waals surface area contributed by atoms with E-state index in [9.17, 15) is 31.4 Å². The van der Waals surface area contributed by atoms with Crippen LogP contribution in [0.4, 0.5) is 26.3 Å². The zero-order valence-corrected chi connectivity index (χ0v) is 19.7. The van der Waals surface area contributed by atoms with E-state index in [-0.39, 0.29) is 18.6 Å². The van der Waals surface area contributed by atoms with E-state index >= 15 is 0 Å². The van der Waals surface area contributed by atoms with E-state index < -0.39 is 25.2 Å². The van der Waals surface area contributed by atoms with Crippen molar-refractivity contribution in [2.24, 2.45) is 0 Å². The zero-order valence-electron chi connectivity index (χ0n) is 19.7. The van der Waals surface area contributed by atoms with Gasteiger partial charge in [-0.05, 0) is 61.8 Å². The van der Waals surface area contributed by atoms with Crippen molar-refractivity contribution in [3.8, 4) is 5.75 Å². The molecule has 0 spiro atoms. The Balaban J connectivity index is 2.09. The van der Waals surface area contributed by atoms with Gasteiger partial charge in [0.05, 0.1) is 0 Å². The highest BCUT2D eigenvalue weighted by molar-refractivity contribution is 5.33. The molecule has 0 saturated carbocycles. The largest absolute Gasteiger partial charge is 0.508 e. The van der Waals surface area contributed by atoms with Gasteiger partial charge in [-0.1, -0.05) is 70.3 Å². The van der Waals surface area contributed by atoms with Gasteiger partial charge in [-0.2, -0.15) is 26.3 Å². The van der Waals surface area contributed by atoms with Crippen LogP contribution >= 0.6 is 0 Å². The first-order valence-electron chi connectivity index (χ1n) is 12.5. The molecule has 0 aliphatic rings. The van der Waals surface area contributed by atoms with Crippen molar-refractivity contribution in [1.29, 1.82) is 0 Å². The number of alkyl halides is 6. The van der Waals surface area contributed by atoms with Gasteiger partial charge in [0.15, 0.2) is 0 Å². The molecule has 0 aromatic heterocycles. The summed E-state index contributed by atoms with van der Waals surface area (Å²) in [7, 11) is 0. The van der Waals surface area contributed by atoms with E-state index in [0.717, 1.165) is 88.2 Å². The summed E-state index contributed by atoms with van der Waals surface area (Å²) in [5, 5.41) is 9.99. The number of hydrogen-bond acceptors (Lipinski definition) is 1. The molecule has 0 aliphatic carbocycles. The van der Waals surface area contributed by atoms with Crippen LogP contribution in [0.5, 0.6) is 5.75 Å². The van der Waals surface area contributed by atoms with E-state index in [2.05, 4.69) is 6.07 Å². The van der Waals surface area contributed by atoms with E-state index in [1.807, 2.05) is 0 Å². The smallest absolute Gasteiger partial charge is 0.389 e. The number of hydrogen-bond donors (Lipinski definition) is 1. The van der Waals surface area contributed by atoms with Gasteiger partial charge < -0.3 is 5.11 Å². The first-order valence-corrected chi connectivity index (χ1v) is 12.5. The Morgan fingerprint density at radius 3 is 1.09 bits per heavy atom. The molecule has 0 fully saturated rings. The standard InChI is InChI=1S/C26H40F6O/c27-25(28,29)17-13-9-5-1-3-7-11-15-22-19-23(21-24(33)20-22)16-12-8-4-2-6-10-14-18-26(30,31)32/h19-21,33H,1-18H2. The van der Waals surface area contributed by atoms with Crippen molar-refractivity contribution < 1.29 is 31.4 Å². The molecule has 1 aromatic carbocycles. The average molecular weight is 483 g/mol. The number of unbranched alkanes of at least 4 members (excludes halogenated alkanes) is 12. The minimum Gasteiger partial charge on any atom is -0.508 e. The molecule has 1 N–H and O–H groups in total. The second kappa shape index (κ2) is 16.3. The topological polar surface area (TPSA) is 20.2 Å². The lowest BCUT2D eigenvalue weighted by Gasteiger charge is -2.08. The third-order valence-electron chi connectivity index (χ3n) is 5.89. The Kier molecular flexibility index (Phi) is 14.6. The van der Waals surface area contributed by atoms with Crippen LogP contribution in [0.2, 0.25) is 0 Å². The fourth-order valence-electron chi connectivity index (χ4n) is 4.11. The van der Waals surface area contributed by atoms with Crippen molar-refractivity contribution in [2.75, 3.05) is 0 Å². The summed E-state index contributed by atoms with van der Waals surface area (Å²) in [6, 6.07) is 5.72. The molecular formula is C26H40F6O. The molecule has 1 aromatic rings. The molecule has 1 rings (SSSR count). The van der Waals surface area contributed by atoms with E-state index in [4.69, 9.17) is 0 Å². The molecule has 0 radical (unpaired) electrons. The van der Waals surface area contributed by atoms with Crippen molar-refractivity contribution in [3.05, 3.63) is 29.3 Å². The maximum atomic E-state index is 12.1. The lowest BCUT2D eigenvalue weighted by Crippen LogP contribution is -2.06. The van der Waals surface area contributed by atoms with Crippen molar-refractivity contribution >= 4 is 0 Å². The summed E-state index contributed by atoms with van der Waals surface area (Å²) < 4.78 is 72.5. The third-order valence-corrected chi connectivity index (χ3v) is 5.89. The van der Waals surface area contributed by atoms with Gasteiger partial charge in [0.1, 0.15) is 5.75 Å². The Hall–Kier alpha value is -1.40. The summed E-state index contributed by atoms with van der Waals surface area (Å²) >= 11 is 0. The van der Waals surface area contributed by atoms with Gasteiger partial charge in [0.2, 0.25) is 0 Å². The van der Waals surface area contributed by atoms with Crippen LogP contribution in [0.25, 0.3) is 0 Å². The normalized spacial score (nSPS) is 12.4. The van der Waals surface area contributed by atoms with Crippen molar-refractivity contribution in [3.63, 3.8) is 0 Å². The zero-order chi connectivity index (χ0) is 24.6. The number of rotatable bonds is 18. The Morgan fingerprint density at radius 2 is 0.758 bits per heavy atom. The summed E-state index contributed by atoms with van der Waals surface area (Å²) in [4.78, 5) is 0. The molecule has 0 unspecified atom stereocenters. The highest BCUT2D eigenvalue weighted by atomic mass is 19.4. The first kappa shape index (κ1) is 29.6. The Bertz CT molecular complexity index is 574. The van der Waals surface area contributed by atoms with Gasteiger partial charge in [-0.15, -0.1) is 0 Å². The molecule has 0 aliphatic heterocycles. The van der Waals surface area contributed by atoms with Gasteiger partial charge in [0.25, 0.3) is 0 Å². The van der Waals surface area contributed by atoms with Gasteiger partial charge in [0, 0.05) is 12.8 Å². The lowest BCUT2D eigenvalue weighted by atomic mass is 9.99. The first-order chi connectivity index (χ1) is 15.6. The highest BCUT2D eigenvalue weighted by Gasteiger charge is 2.26. The molecular weight excluding hydrogens is 442 g/mol. The fraction of sp³-hybridized carbons (Fsp3) is 0.769. The number of phenolic OH excluding ortho intramolecular Hbond substituents is 1. The van der Waals surface area contributed by atoms with Crippen LogP contribution in [0.1, 0.15) is 114 Å². The minimum absolute atomic E-state index is 0.220. The lowest BCUT2D eigenvalue weighted by molar-refractivity contribution is -0.136. The predicted molar refractivity (Wildman–Crippen MR) is 121 cm³/mol. The van der Waals surface area contributed by atoms with E-state index in [1.54, 1.807) is 12.1 Å². The molecule has 0 bridgehead atoms. The molecule has 7 heteroatoms. The highest BCUT2D eigenvalue weighted by Crippen LogP contribution is 2.25. The van der Waals surface area contributed by atoms with Crippen LogP contribution in [0.3, 0.4) is 0 Å². The average Bonchev–Trinajstić information content (AvgIpc) is 2.69. The third kappa shape index (κ3) is 18.7. The van der Waals surface area contributed by atoms with Gasteiger partial charge in [-0.3, -0.25) is 0 Å². The summed E-state index contributed by atoms with van der Waals surface area (Å²) in [5.74, 6) is 0.275. The molecule has 0 heterocycles. The number of benzene rings is 1. The van der Waals surface area contributed by atoms with Crippen LogP contribution in [0.15, 0.2) is 18.2 Å². The molecule has 0 atom stereocenters. The second-order valence-corrected chi connectivity index (χ2v) is 9.19. The quantitative estimate of drug-likeness (QED) is 0.163.